The molecule has 6 heteroatoms. The van der Waals surface area contributed by atoms with Crippen LogP contribution in [-0.4, -0.2) is 46.4 Å². The lowest BCUT2D eigenvalue weighted by molar-refractivity contribution is -0.140. The van der Waals surface area contributed by atoms with Crippen LogP contribution >= 0.6 is 11.8 Å². The molecule has 33 heavy (non-hydrogen) atoms. The molecule has 0 radical (unpaired) electrons. The average Bonchev–Trinajstić information content (AvgIpc) is 2.80. The minimum absolute atomic E-state index is 0.0700. The van der Waals surface area contributed by atoms with Crippen LogP contribution in [0, 0.1) is 0 Å². The molecule has 0 heterocycles. The highest BCUT2D eigenvalue weighted by Crippen LogP contribution is 2.29. The van der Waals surface area contributed by atoms with Gasteiger partial charge < -0.3 is 14.9 Å². The summed E-state index contributed by atoms with van der Waals surface area (Å²) in [6.45, 7) is 4.36. The van der Waals surface area contributed by atoms with Crippen LogP contribution in [0.3, 0.4) is 0 Å². The summed E-state index contributed by atoms with van der Waals surface area (Å²) in [4.78, 5) is 22.3. The number of hydrogen-bond acceptors (Lipinski definition) is 5. The van der Waals surface area contributed by atoms with Gasteiger partial charge in [0.2, 0.25) is 0 Å². The van der Waals surface area contributed by atoms with Crippen molar-refractivity contribution in [2.75, 3.05) is 12.9 Å². The molecule has 0 saturated carbocycles. The van der Waals surface area contributed by atoms with Crippen molar-refractivity contribution in [1.29, 1.82) is 0 Å². The first-order valence-corrected chi connectivity index (χ1v) is 14.3. The number of rotatable bonds is 23. The topological polar surface area (TPSA) is 83.8 Å². The molecular weight excluding hydrogens is 436 g/mol. The van der Waals surface area contributed by atoms with E-state index in [-0.39, 0.29) is 17.6 Å². The van der Waals surface area contributed by atoms with E-state index >= 15 is 0 Å². The van der Waals surface area contributed by atoms with Gasteiger partial charge in [-0.05, 0) is 32.1 Å². The predicted octanol–water partition coefficient (Wildman–Crippen LogP) is 7.30. The van der Waals surface area contributed by atoms with Crippen LogP contribution in [0.2, 0.25) is 0 Å². The predicted molar refractivity (Wildman–Crippen MR) is 140 cm³/mol. The molecule has 0 amide bonds. The number of allylic oxidation sites excluding steroid dienone is 1. The number of unbranched alkanes of at least 4 members (excludes halogenated alkanes) is 11. The molecule has 0 aromatic heterocycles. The molecular formula is C27H50O5S. The lowest BCUT2D eigenvalue weighted by Gasteiger charge is -2.25. The zero-order valence-corrected chi connectivity index (χ0v) is 22.3. The van der Waals surface area contributed by atoms with E-state index in [1.807, 2.05) is 0 Å². The molecule has 0 rings (SSSR count). The maximum Gasteiger partial charge on any atom is 0.306 e. The summed E-state index contributed by atoms with van der Waals surface area (Å²) in [5.74, 6) is -0.493. The third kappa shape index (κ3) is 19.0. The highest BCUT2D eigenvalue weighted by molar-refractivity contribution is 8.00. The van der Waals surface area contributed by atoms with Crippen LogP contribution in [-0.2, 0) is 14.3 Å². The van der Waals surface area contributed by atoms with Crippen molar-refractivity contribution in [3.05, 3.63) is 11.6 Å². The van der Waals surface area contributed by atoms with E-state index in [1.54, 1.807) is 11.8 Å². The van der Waals surface area contributed by atoms with Crippen LogP contribution in [0.1, 0.15) is 123 Å². The lowest BCUT2D eigenvalue weighted by atomic mass is 9.99. The summed E-state index contributed by atoms with van der Waals surface area (Å²) < 4.78 is 4.72. The monoisotopic (exact) mass is 486 g/mol. The van der Waals surface area contributed by atoms with Gasteiger partial charge in [-0.2, -0.15) is 11.8 Å². The normalized spacial score (nSPS) is 13.6. The van der Waals surface area contributed by atoms with E-state index in [4.69, 9.17) is 9.84 Å². The number of carboxylic acid groups (broad SMARTS) is 1. The van der Waals surface area contributed by atoms with Crippen molar-refractivity contribution in [2.45, 2.75) is 134 Å². The van der Waals surface area contributed by atoms with E-state index < -0.39 is 12.1 Å². The number of carbonyl (C=O) groups excluding carboxylic acids is 1. The van der Waals surface area contributed by atoms with E-state index in [2.05, 4.69) is 19.9 Å². The Balaban J connectivity index is 4.41. The Hall–Kier alpha value is -1.01. The maximum absolute atomic E-state index is 11.5. The second-order valence-electron chi connectivity index (χ2n) is 8.93. The van der Waals surface area contributed by atoms with Crippen molar-refractivity contribution in [2.24, 2.45) is 0 Å². The highest BCUT2D eigenvalue weighted by atomic mass is 32.2. The van der Waals surface area contributed by atoms with Crippen LogP contribution in [0.15, 0.2) is 11.6 Å². The molecule has 0 aliphatic carbocycles. The summed E-state index contributed by atoms with van der Waals surface area (Å²) in [5.41, 5.74) is 1.21. The average molecular weight is 487 g/mol. The SMILES string of the molecule is CCCCCCCCCCCCCC=C(CC)C(SCCC(=O)OC)C(O)CCCC(=O)O. The number of hydrogen-bond donors (Lipinski definition) is 2. The summed E-state index contributed by atoms with van der Waals surface area (Å²) in [7, 11) is 1.39. The second-order valence-corrected chi connectivity index (χ2v) is 10.2. The van der Waals surface area contributed by atoms with Crippen molar-refractivity contribution < 1.29 is 24.5 Å². The molecule has 0 aromatic carbocycles. The Morgan fingerprint density at radius 3 is 1.97 bits per heavy atom. The van der Waals surface area contributed by atoms with Crippen molar-refractivity contribution in [3.63, 3.8) is 0 Å². The molecule has 0 saturated heterocycles. The van der Waals surface area contributed by atoms with Crippen LogP contribution in [0.25, 0.3) is 0 Å². The molecule has 0 aliphatic rings. The number of ether oxygens (including phenoxy) is 1. The second kappa shape index (κ2) is 22.8. The minimum Gasteiger partial charge on any atom is -0.481 e. The molecule has 0 fully saturated rings. The number of aliphatic hydroxyl groups is 1. The standard InChI is InChI=1S/C27H50O5S/c1-4-6-7-8-9-10-11-12-13-14-15-16-18-23(5-2)27(33-22-21-26(31)32-3)24(28)19-17-20-25(29)30/h18,24,27-28H,4-17,19-22H2,1-3H3,(H,29,30). The van der Waals surface area contributed by atoms with Crippen LogP contribution < -0.4 is 0 Å². The van der Waals surface area contributed by atoms with Crippen LogP contribution in [0.4, 0.5) is 0 Å². The lowest BCUT2D eigenvalue weighted by Crippen LogP contribution is -2.26. The summed E-state index contributed by atoms with van der Waals surface area (Å²) >= 11 is 1.58. The first kappa shape index (κ1) is 32.0. The van der Waals surface area contributed by atoms with E-state index in [0.717, 1.165) is 19.3 Å². The van der Waals surface area contributed by atoms with E-state index in [0.29, 0.717) is 25.0 Å². The Labute approximate surface area is 207 Å². The van der Waals surface area contributed by atoms with Gasteiger partial charge in [0.25, 0.3) is 0 Å². The van der Waals surface area contributed by atoms with Crippen molar-refractivity contribution in [3.8, 4) is 0 Å². The first-order valence-electron chi connectivity index (χ1n) is 13.2. The molecule has 2 N–H and O–H groups in total. The Kier molecular flexibility index (Phi) is 22.1. The first-order chi connectivity index (χ1) is 16.0. The fourth-order valence-corrected chi connectivity index (χ4v) is 5.38. The third-order valence-electron chi connectivity index (χ3n) is 6.06. The van der Waals surface area contributed by atoms with Gasteiger partial charge in [-0.25, -0.2) is 0 Å². The van der Waals surface area contributed by atoms with Gasteiger partial charge in [-0.1, -0.05) is 89.7 Å². The number of aliphatic carboxylic acids is 1. The number of methoxy groups -OCH3 is 1. The quantitative estimate of drug-likeness (QED) is 0.0895. The van der Waals surface area contributed by atoms with Gasteiger partial charge in [-0.15, -0.1) is 0 Å². The largest absolute Gasteiger partial charge is 0.481 e. The minimum atomic E-state index is -0.833. The van der Waals surface area contributed by atoms with Crippen LogP contribution in [0.5, 0.6) is 0 Å². The maximum atomic E-state index is 11.5. The molecule has 0 aromatic rings. The highest BCUT2D eigenvalue weighted by Gasteiger charge is 2.23. The molecule has 194 valence electrons. The zero-order valence-electron chi connectivity index (χ0n) is 21.5. The van der Waals surface area contributed by atoms with Crippen molar-refractivity contribution in [1.82, 2.24) is 0 Å². The number of aliphatic hydroxyl groups excluding tert-OH is 1. The summed E-state index contributed by atoms with van der Waals surface area (Å²) in [5, 5.41) is 19.5. The van der Waals surface area contributed by atoms with E-state index in [1.165, 1.54) is 76.9 Å². The summed E-state index contributed by atoms with van der Waals surface area (Å²) in [6.07, 6.45) is 19.4. The fourth-order valence-electron chi connectivity index (χ4n) is 4.01. The Morgan fingerprint density at radius 1 is 0.879 bits per heavy atom. The van der Waals surface area contributed by atoms with Gasteiger partial charge in [0.1, 0.15) is 0 Å². The van der Waals surface area contributed by atoms with Gasteiger partial charge in [0.15, 0.2) is 0 Å². The molecule has 2 unspecified atom stereocenters. The molecule has 0 bridgehead atoms. The number of thioether (sulfide) groups is 1. The molecule has 5 nitrogen and oxygen atoms in total. The Morgan fingerprint density at radius 2 is 1.45 bits per heavy atom. The van der Waals surface area contributed by atoms with E-state index in [9.17, 15) is 14.7 Å². The van der Waals surface area contributed by atoms with Gasteiger partial charge in [0.05, 0.1) is 24.9 Å². The molecule has 0 aliphatic heterocycles. The molecule has 0 spiro atoms. The third-order valence-corrected chi connectivity index (χ3v) is 7.48. The van der Waals surface area contributed by atoms with Crippen molar-refractivity contribution >= 4 is 23.7 Å². The zero-order chi connectivity index (χ0) is 24.7. The number of carboxylic acids is 1. The van der Waals surface area contributed by atoms with Gasteiger partial charge in [0, 0.05) is 12.2 Å². The fraction of sp³-hybridized carbons (Fsp3) is 0.852. The smallest absolute Gasteiger partial charge is 0.306 e. The number of carbonyl (C=O) groups is 2. The summed E-state index contributed by atoms with van der Waals surface area (Å²) in [6, 6.07) is 0. The number of esters is 1. The van der Waals surface area contributed by atoms with Gasteiger partial charge in [-0.3, -0.25) is 9.59 Å². The Bertz CT molecular complexity index is 521. The van der Waals surface area contributed by atoms with Gasteiger partial charge >= 0.3 is 11.9 Å². The molecule has 2 atom stereocenters.